The van der Waals surface area contributed by atoms with Crippen molar-refractivity contribution in [2.45, 2.75) is 39.5 Å². The van der Waals surface area contributed by atoms with E-state index in [9.17, 15) is 4.79 Å². The number of anilines is 1. The topological polar surface area (TPSA) is 66.3 Å². The van der Waals surface area contributed by atoms with Gasteiger partial charge in [-0.3, -0.25) is 4.98 Å². The minimum absolute atomic E-state index is 0.00509. The second kappa shape index (κ2) is 7.63. The van der Waals surface area contributed by atoms with Crippen LogP contribution in [0.15, 0.2) is 12.4 Å². The van der Waals surface area contributed by atoms with Crippen LogP contribution in [-0.2, 0) is 0 Å². The molecule has 0 spiro atoms. The summed E-state index contributed by atoms with van der Waals surface area (Å²) in [5.41, 5.74) is 0.00509. The number of rotatable bonds is 8. The highest BCUT2D eigenvalue weighted by atomic mass is 16.4. The molecule has 0 unspecified atom stereocenters. The van der Waals surface area contributed by atoms with Crippen molar-refractivity contribution in [2.24, 2.45) is 0 Å². The number of carboxylic acids is 1. The highest BCUT2D eigenvalue weighted by Gasteiger charge is 2.11. The molecule has 18 heavy (non-hydrogen) atoms. The number of aromatic nitrogens is 2. The molecule has 1 heterocycles. The van der Waals surface area contributed by atoms with Gasteiger partial charge in [0.1, 0.15) is 5.82 Å². The zero-order chi connectivity index (χ0) is 13.4. The summed E-state index contributed by atoms with van der Waals surface area (Å²) in [7, 11) is 0. The van der Waals surface area contributed by atoms with E-state index >= 15 is 0 Å². The van der Waals surface area contributed by atoms with E-state index in [1.165, 1.54) is 6.20 Å². The highest BCUT2D eigenvalue weighted by Crippen LogP contribution is 2.12. The van der Waals surface area contributed by atoms with Crippen molar-refractivity contribution in [3.63, 3.8) is 0 Å². The van der Waals surface area contributed by atoms with E-state index in [0.717, 1.165) is 38.8 Å². The molecule has 0 bridgehead atoms. The van der Waals surface area contributed by atoms with E-state index in [1.807, 2.05) is 0 Å². The maximum absolute atomic E-state index is 10.9. The van der Waals surface area contributed by atoms with Crippen LogP contribution in [0.4, 0.5) is 5.82 Å². The fourth-order valence-corrected chi connectivity index (χ4v) is 1.65. The first-order valence-corrected chi connectivity index (χ1v) is 6.49. The lowest BCUT2D eigenvalue weighted by atomic mass is 10.2. The third-order valence-electron chi connectivity index (χ3n) is 2.73. The summed E-state index contributed by atoms with van der Waals surface area (Å²) in [5.74, 6) is -0.368. The molecule has 0 saturated heterocycles. The summed E-state index contributed by atoms with van der Waals surface area (Å²) in [4.78, 5) is 21.1. The maximum Gasteiger partial charge on any atom is 0.356 e. The fraction of sp³-hybridized carbons (Fsp3) is 0.615. The van der Waals surface area contributed by atoms with E-state index in [-0.39, 0.29) is 5.69 Å². The first-order valence-electron chi connectivity index (χ1n) is 6.49. The Kier molecular flexibility index (Phi) is 6.11. The van der Waals surface area contributed by atoms with Crippen LogP contribution in [0.1, 0.15) is 50.0 Å². The molecule has 5 nitrogen and oxygen atoms in total. The van der Waals surface area contributed by atoms with Crippen molar-refractivity contribution in [1.82, 2.24) is 9.97 Å². The van der Waals surface area contributed by atoms with Crippen molar-refractivity contribution < 1.29 is 9.90 Å². The van der Waals surface area contributed by atoms with Crippen molar-refractivity contribution in [3.8, 4) is 0 Å². The van der Waals surface area contributed by atoms with Gasteiger partial charge in [0.05, 0.1) is 12.4 Å². The van der Waals surface area contributed by atoms with Gasteiger partial charge >= 0.3 is 5.97 Å². The molecule has 100 valence electrons. The lowest BCUT2D eigenvalue weighted by Gasteiger charge is -2.23. The number of unbranched alkanes of at least 4 members (excludes halogenated alkanes) is 2. The quantitative estimate of drug-likeness (QED) is 0.769. The van der Waals surface area contributed by atoms with E-state index in [4.69, 9.17) is 5.11 Å². The first-order chi connectivity index (χ1) is 8.69. The molecule has 0 atom stereocenters. The molecule has 0 aromatic carbocycles. The van der Waals surface area contributed by atoms with Crippen LogP contribution in [0.3, 0.4) is 0 Å². The van der Waals surface area contributed by atoms with Crippen LogP contribution < -0.4 is 4.90 Å². The Bertz CT molecular complexity index is 374. The standard InChI is InChI=1S/C13H21N3O2/c1-3-5-7-16(8-6-4-2)12-10-14-9-11(15-12)13(17)18/h9-10H,3-8H2,1-2H3,(H,17,18). The molecule has 0 radical (unpaired) electrons. The molecule has 0 amide bonds. The summed E-state index contributed by atoms with van der Waals surface area (Å²) in [5, 5.41) is 8.92. The van der Waals surface area contributed by atoms with Crippen molar-refractivity contribution >= 4 is 11.8 Å². The Hall–Kier alpha value is -1.65. The molecular weight excluding hydrogens is 230 g/mol. The lowest BCUT2D eigenvalue weighted by Crippen LogP contribution is -2.27. The number of carboxylic acid groups (broad SMARTS) is 1. The van der Waals surface area contributed by atoms with Crippen LogP contribution >= 0.6 is 0 Å². The summed E-state index contributed by atoms with van der Waals surface area (Å²) < 4.78 is 0. The van der Waals surface area contributed by atoms with Crippen LogP contribution in [-0.4, -0.2) is 34.1 Å². The Balaban J connectivity index is 2.82. The number of aromatic carboxylic acids is 1. The van der Waals surface area contributed by atoms with E-state index < -0.39 is 5.97 Å². The smallest absolute Gasteiger partial charge is 0.356 e. The molecule has 0 fully saturated rings. The van der Waals surface area contributed by atoms with Gasteiger partial charge in [-0.15, -0.1) is 0 Å². The fourth-order valence-electron chi connectivity index (χ4n) is 1.65. The van der Waals surface area contributed by atoms with Crippen LogP contribution in [0.25, 0.3) is 0 Å². The molecule has 0 saturated carbocycles. The summed E-state index contributed by atoms with van der Waals surface area (Å²) >= 11 is 0. The van der Waals surface area contributed by atoms with E-state index in [0.29, 0.717) is 5.82 Å². The number of nitrogens with zero attached hydrogens (tertiary/aromatic N) is 3. The highest BCUT2D eigenvalue weighted by molar-refractivity contribution is 5.85. The first kappa shape index (κ1) is 14.4. The lowest BCUT2D eigenvalue weighted by molar-refractivity contribution is 0.0690. The Labute approximate surface area is 108 Å². The van der Waals surface area contributed by atoms with Gasteiger partial charge in [0.25, 0.3) is 0 Å². The second-order valence-electron chi connectivity index (χ2n) is 4.26. The predicted molar refractivity (Wildman–Crippen MR) is 71.0 cm³/mol. The molecule has 1 aromatic heterocycles. The van der Waals surface area contributed by atoms with Gasteiger partial charge in [0.2, 0.25) is 0 Å². The van der Waals surface area contributed by atoms with Gasteiger partial charge in [-0.1, -0.05) is 26.7 Å². The normalized spacial score (nSPS) is 10.3. The molecule has 1 aromatic rings. The summed E-state index contributed by atoms with van der Waals surface area (Å²) in [6.07, 6.45) is 7.27. The molecule has 1 N–H and O–H groups in total. The largest absolute Gasteiger partial charge is 0.476 e. The van der Waals surface area contributed by atoms with Gasteiger partial charge < -0.3 is 10.0 Å². The maximum atomic E-state index is 10.9. The van der Waals surface area contributed by atoms with Gasteiger partial charge in [0, 0.05) is 13.1 Å². The minimum atomic E-state index is -1.03. The molecule has 5 heteroatoms. The Morgan fingerprint density at radius 1 is 1.22 bits per heavy atom. The Morgan fingerprint density at radius 3 is 2.33 bits per heavy atom. The minimum Gasteiger partial charge on any atom is -0.476 e. The second-order valence-corrected chi connectivity index (χ2v) is 4.26. The van der Waals surface area contributed by atoms with Crippen molar-refractivity contribution in [1.29, 1.82) is 0 Å². The van der Waals surface area contributed by atoms with Gasteiger partial charge in [-0.05, 0) is 12.8 Å². The third kappa shape index (κ3) is 4.31. The van der Waals surface area contributed by atoms with Crippen molar-refractivity contribution in [3.05, 3.63) is 18.1 Å². The molecule has 0 aliphatic rings. The average molecular weight is 251 g/mol. The van der Waals surface area contributed by atoms with Crippen molar-refractivity contribution in [2.75, 3.05) is 18.0 Å². The third-order valence-corrected chi connectivity index (χ3v) is 2.73. The SMILES string of the molecule is CCCCN(CCCC)c1cncc(C(=O)O)n1. The molecule has 0 aliphatic heterocycles. The molecular formula is C13H21N3O2. The monoisotopic (exact) mass is 251 g/mol. The van der Waals surface area contributed by atoms with Gasteiger partial charge in [-0.25, -0.2) is 9.78 Å². The van der Waals surface area contributed by atoms with Crippen LogP contribution in [0.5, 0.6) is 0 Å². The summed E-state index contributed by atoms with van der Waals surface area (Å²) in [6, 6.07) is 0. The molecule has 0 aliphatic carbocycles. The predicted octanol–water partition coefficient (Wildman–Crippen LogP) is 2.58. The van der Waals surface area contributed by atoms with E-state index in [1.54, 1.807) is 6.20 Å². The zero-order valence-electron chi connectivity index (χ0n) is 11.1. The van der Waals surface area contributed by atoms with Crippen LogP contribution in [0, 0.1) is 0 Å². The summed E-state index contributed by atoms with van der Waals surface area (Å²) in [6.45, 7) is 6.07. The molecule has 1 rings (SSSR count). The average Bonchev–Trinajstić information content (AvgIpc) is 2.39. The number of carbonyl (C=O) groups is 1. The zero-order valence-corrected chi connectivity index (χ0v) is 11.1. The van der Waals surface area contributed by atoms with Crippen LogP contribution in [0.2, 0.25) is 0 Å². The van der Waals surface area contributed by atoms with Gasteiger partial charge in [0.15, 0.2) is 5.69 Å². The van der Waals surface area contributed by atoms with E-state index in [2.05, 4.69) is 28.7 Å². The van der Waals surface area contributed by atoms with Gasteiger partial charge in [-0.2, -0.15) is 0 Å². The Morgan fingerprint density at radius 2 is 1.83 bits per heavy atom. The number of hydrogen-bond donors (Lipinski definition) is 1. The number of hydrogen-bond acceptors (Lipinski definition) is 4.